The molecule has 1 aliphatic rings. The minimum atomic E-state index is -3.23. The Kier molecular flexibility index (Phi) is 3.12. The second kappa shape index (κ2) is 3.71. The maximum absolute atomic E-state index is 11.1. The fourth-order valence-electron chi connectivity index (χ4n) is 0.843. The van der Waals surface area contributed by atoms with Gasteiger partial charge in [-0.2, -0.15) is 0 Å². The molecule has 0 aromatic heterocycles. The molecule has 0 radical (unpaired) electrons. The normalized spacial score (nSPS) is 20.8. The highest BCUT2D eigenvalue weighted by Crippen LogP contribution is 2.10. The maximum Gasteiger partial charge on any atom is 0.237 e. The van der Waals surface area contributed by atoms with Crippen LogP contribution in [0.3, 0.4) is 0 Å². The van der Waals surface area contributed by atoms with Crippen LogP contribution in [0.4, 0.5) is 0 Å². The Balaban J connectivity index is 2.56. The molecule has 1 heterocycles. The standard InChI is InChI=1S/C5H10ClNO3S/c6-2-5-11(8,9)7-3-1-4-10-7/h1-5H2. The zero-order chi connectivity index (χ0) is 8.32. The molecule has 6 heteroatoms. The van der Waals surface area contributed by atoms with Crippen LogP contribution in [0.2, 0.25) is 0 Å². The van der Waals surface area contributed by atoms with Gasteiger partial charge >= 0.3 is 0 Å². The van der Waals surface area contributed by atoms with Gasteiger partial charge in [0, 0.05) is 12.4 Å². The molecular formula is C5H10ClNO3S. The van der Waals surface area contributed by atoms with Gasteiger partial charge in [0.15, 0.2) is 0 Å². The molecule has 0 spiro atoms. The average Bonchev–Trinajstić information content (AvgIpc) is 2.37. The predicted octanol–water partition coefficient (Wildman–Crippen LogP) is 0.192. The highest BCUT2D eigenvalue weighted by atomic mass is 35.5. The number of alkyl halides is 1. The van der Waals surface area contributed by atoms with E-state index in [1.807, 2.05) is 0 Å². The third-order valence-corrected chi connectivity index (χ3v) is 3.41. The van der Waals surface area contributed by atoms with Crippen molar-refractivity contribution in [1.29, 1.82) is 0 Å². The van der Waals surface area contributed by atoms with Crippen LogP contribution in [0.5, 0.6) is 0 Å². The fraction of sp³-hybridized carbons (Fsp3) is 1.00. The summed E-state index contributed by atoms with van der Waals surface area (Å²) in [6.07, 6.45) is 0.765. The largest absolute Gasteiger partial charge is 0.284 e. The molecule has 1 saturated heterocycles. The van der Waals surface area contributed by atoms with Crippen LogP contribution in [0.15, 0.2) is 0 Å². The number of hydroxylamine groups is 1. The van der Waals surface area contributed by atoms with Gasteiger partial charge in [-0.1, -0.05) is 4.47 Å². The SMILES string of the molecule is O=S(=O)(CCCl)N1CCCO1. The van der Waals surface area contributed by atoms with Crippen molar-refractivity contribution in [3.63, 3.8) is 0 Å². The van der Waals surface area contributed by atoms with Gasteiger partial charge in [0.25, 0.3) is 0 Å². The van der Waals surface area contributed by atoms with Crippen LogP contribution in [0, 0.1) is 0 Å². The van der Waals surface area contributed by atoms with Gasteiger partial charge in [0.2, 0.25) is 10.0 Å². The summed E-state index contributed by atoms with van der Waals surface area (Å²) in [6.45, 7) is 0.945. The number of hydrogen-bond donors (Lipinski definition) is 0. The molecular weight excluding hydrogens is 190 g/mol. The van der Waals surface area contributed by atoms with Crippen molar-refractivity contribution in [3.05, 3.63) is 0 Å². The quantitative estimate of drug-likeness (QED) is 0.610. The Bertz CT molecular complexity index is 210. The summed E-state index contributed by atoms with van der Waals surface area (Å²) in [5.74, 6) is 0.0662. The van der Waals surface area contributed by atoms with Gasteiger partial charge in [0.1, 0.15) is 0 Å². The average molecular weight is 200 g/mol. The first-order valence-corrected chi connectivity index (χ1v) is 5.50. The minimum absolute atomic E-state index is 0.0471. The third-order valence-electron chi connectivity index (χ3n) is 1.37. The first kappa shape index (κ1) is 9.25. The number of sulfonamides is 1. The van der Waals surface area contributed by atoms with Crippen LogP contribution in [-0.2, 0) is 14.9 Å². The number of nitrogens with zero attached hydrogens (tertiary/aromatic N) is 1. The van der Waals surface area contributed by atoms with Crippen molar-refractivity contribution < 1.29 is 13.3 Å². The summed E-state index contributed by atoms with van der Waals surface area (Å²) in [4.78, 5) is 4.86. The lowest BCUT2D eigenvalue weighted by molar-refractivity contribution is -0.0282. The van der Waals surface area contributed by atoms with Gasteiger partial charge in [-0.15, -0.1) is 11.6 Å². The molecule has 0 N–H and O–H groups in total. The number of rotatable bonds is 3. The monoisotopic (exact) mass is 199 g/mol. The van der Waals surface area contributed by atoms with Crippen molar-refractivity contribution in [1.82, 2.24) is 4.47 Å². The van der Waals surface area contributed by atoms with E-state index in [2.05, 4.69) is 0 Å². The van der Waals surface area contributed by atoms with E-state index in [4.69, 9.17) is 16.4 Å². The topological polar surface area (TPSA) is 46.6 Å². The van der Waals surface area contributed by atoms with E-state index in [0.717, 1.165) is 10.9 Å². The maximum atomic E-state index is 11.1. The fourth-order valence-corrected chi connectivity index (χ4v) is 2.47. The van der Waals surface area contributed by atoms with Gasteiger partial charge in [-0.25, -0.2) is 8.42 Å². The predicted molar refractivity (Wildman–Crippen MR) is 41.8 cm³/mol. The van der Waals surface area contributed by atoms with Crippen LogP contribution >= 0.6 is 11.6 Å². The van der Waals surface area contributed by atoms with E-state index in [-0.39, 0.29) is 11.6 Å². The number of hydrogen-bond acceptors (Lipinski definition) is 3. The van der Waals surface area contributed by atoms with Crippen LogP contribution < -0.4 is 0 Å². The summed E-state index contributed by atoms with van der Waals surface area (Å²) in [6, 6.07) is 0. The highest BCUT2D eigenvalue weighted by molar-refractivity contribution is 7.89. The zero-order valence-corrected chi connectivity index (χ0v) is 7.57. The van der Waals surface area contributed by atoms with Crippen molar-refractivity contribution in [2.75, 3.05) is 24.8 Å². The minimum Gasteiger partial charge on any atom is -0.284 e. The van der Waals surface area contributed by atoms with E-state index < -0.39 is 10.0 Å². The summed E-state index contributed by atoms with van der Waals surface area (Å²) < 4.78 is 23.3. The molecule has 0 amide bonds. The molecule has 4 nitrogen and oxygen atoms in total. The highest BCUT2D eigenvalue weighted by Gasteiger charge is 2.25. The van der Waals surface area contributed by atoms with Crippen LogP contribution in [0.1, 0.15) is 6.42 Å². The van der Waals surface area contributed by atoms with Gasteiger partial charge in [-0.05, 0) is 6.42 Å². The Morgan fingerprint density at radius 2 is 2.27 bits per heavy atom. The Morgan fingerprint density at radius 3 is 2.73 bits per heavy atom. The van der Waals surface area contributed by atoms with E-state index in [9.17, 15) is 8.42 Å². The molecule has 11 heavy (non-hydrogen) atoms. The van der Waals surface area contributed by atoms with E-state index in [1.165, 1.54) is 0 Å². The summed E-state index contributed by atoms with van der Waals surface area (Å²) >= 11 is 5.30. The van der Waals surface area contributed by atoms with E-state index in [0.29, 0.717) is 13.2 Å². The third kappa shape index (κ3) is 2.30. The van der Waals surface area contributed by atoms with Crippen LogP contribution in [0.25, 0.3) is 0 Å². The molecule has 0 saturated carbocycles. The Labute approximate surface area is 71.1 Å². The first-order chi connectivity index (χ1) is 5.17. The smallest absolute Gasteiger partial charge is 0.237 e. The molecule has 0 aromatic carbocycles. The molecule has 66 valence electrons. The molecule has 1 aliphatic heterocycles. The molecule has 1 fully saturated rings. The molecule has 0 bridgehead atoms. The Morgan fingerprint density at radius 1 is 1.55 bits per heavy atom. The first-order valence-electron chi connectivity index (χ1n) is 3.36. The lowest BCUT2D eigenvalue weighted by atomic mass is 10.5. The second-order valence-electron chi connectivity index (χ2n) is 2.22. The van der Waals surface area contributed by atoms with Crippen molar-refractivity contribution in [2.24, 2.45) is 0 Å². The molecule has 0 aliphatic carbocycles. The molecule has 1 rings (SSSR count). The summed E-state index contributed by atoms with van der Waals surface area (Å²) in [5, 5.41) is 0. The van der Waals surface area contributed by atoms with Gasteiger partial charge < -0.3 is 0 Å². The second-order valence-corrected chi connectivity index (χ2v) is 4.58. The van der Waals surface area contributed by atoms with Crippen LogP contribution in [-0.4, -0.2) is 37.7 Å². The van der Waals surface area contributed by atoms with Crippen molar-refractivity contribution >= 4 is 21.6 Å². The molecule has 0 unspecified atom stereocenters. The lowest BCUT2D eigenvalue weighted by Gasteiger charge is -2.12. The van der Waals surface area contributed by atoms with Gasteiger partial charge in [0.05, 0.1) is 12.4 Å². The van der Waals surface area contributed by atoms with Crippen molar-refractivity contribution in [2.45, 2.75) is 6.42 Å². The summed E-state index contributed by atoms with van der Waals surface area (Å²) in [7, 11) is -3.23. The molecule has 0 atom stereocenters. The summed E-state index contributed by atoms with van der Waals surface area (Å²) in [5.41, 5.74) is 0. The Hall–Kier alpha value is 0.160. The zero-order valence-electron chi connectivity index (χ0n) is 5.99. The molecule has 0 aromatic rings. The van der Waals surface area contributed by atoms with Crippen molar-refractivity contribution in [3.8, 4) is 0 Å². The van der Waals surface area contributed by atoms with Gasteiger partial charge in [-0.3, -0.25) is 4.84 Å². The van der Waals surface area contributed by atoms with E-state index >= 15 is 0 Å². The number of halogens is 1. The lowest BCUT2D eigenvalue weighted by Crippen LogP contribution is -2.29. The van der Waals surface area contributed by atoms with E-state index in [1.54, 1.807) is 0 Å².